The van der Waals surface area contributed by atoms with Crippen molar-refractivity contribution in [2.75, 3.05) is 18.5 Å². The van der Waals surface area contributed by atoms with Crippen LogP contribution < -0.4 is 10.1 Å². The van der Waals surface area contributed by atoms with Gasteiger partial charge in [0.1, 0.15) is 5.75 Å². The van der Waals surface area contributed by atoms with Gasteiger partial charge in [-0.15, -0.1) is 0 Å². The topological polar surface area (TPSA) is 59.9 Å². The number of hydrogen-bond acceptors (Lipinski definition) is 4. The lowest BCUT2D eigenvalue weighted by Gasteiger charge is -2.04. The molecule has 0 aliphatic heterocycles. The fourth-order valence-corrected chi connectivity index (χ4v) is 1.87. The van der Waals surface area contributed by atoms with Crippen LogP contribution in [0.2, 0.25) is 5.02 Å². The van der Waals surface area contributed by atoms with Crippen molar-refractivity contribution >= 4 is 29.4 Å². The molecule has 2 aromatic carbocycles. The first-order valence-corrected chi connectivity index (χ1v) is 7.49. The van der Waals surface area contributed by atoms with Gasteiger partial charge in [0.15, 0.2) is 6.61 Å². The molecule has 0 atom stereocenters. The number of nitrogens with one attached hydrogen (secondary N) is 1. The van der Waals surface area contributed by atoms with Crippen LogP contribution in [-0.2, 0) is 9.63 Å². The van der Waals surface area contributed by atoms with E-state index in [1.165, 1.54) is 6.21 Å². The number of halogens is 1. The standard InChI is InChI=1S/C17H17ClN2O3/c1-2-22-16-9-3-13(4-10-16)11-19-23-12-17(21)20-15-7-5-14(18)6-8-15/h3-11H,2,12H2,1H3,(H,20,21)/b19-11-. The molecule has 0 unspecified atom stereocenters. The molecule has 5 nitrogen and oxygen atoms in total. The minimum atomic E-state index is -0.295. The Morgan fingerprint density at radius 2 is 1.87 bits per heavy atom. The summed E-state index contributed by atoms with van der Waals surface area (Å²) in [5, 5.41) is 7.05. The molecule has 0 heterocycles. The number of carbonyl (C=O) groups excluding carboxylic acids is 1. The molecule has 0 aliphatic carbocycles. The van der Waals surface area contributed by atoms with E-state index < -0.39 is 0 Å². The van der Waals surface area contributed by atoms with Gasteiger partial charge in [0, 0.05) is 10.7 Å². The molecule has 0 fully saturated rings. The van der Waals surface area contributed by atoms with E-state index in [2.05, 4.69) is 10.5 Å². The van der Waals surface area contributed by atoms with Crippen molar-refractivity contribution in [1.82, 2.24) is 0 Å². The summed E-state index contributed by atoms with van der Waals surface area (Å²) in [4.78, 5) is 16.6. The third kappa shape index (κ3) is 6.00. The van der Waals surface area contributed by atoms with Gasteiger partial charge in [0.25, 0.3) is 5.91 Å². The minimum Gasteiger partial charge on any atom is -0.494 e. The summed E-state index contributed by atoms with van der Waals surface area (Å²) in [5.74, 6) is 0.504. The van der Waals surface area contributed by atoms with E-state index in [-0.39, 0.29) is 12.5 Å². The third-order valence-electron chi connectivity index (χ3n) is 2.79. The smallest absolute Gasteiger partial charge is 0.265 e. The normalized spacial score (nSPS) is 10.5. The van der Waals surface area contributed by atoms with Gasteiger partial charge in [0.2, 0.25) is 0 Å². The molecule has 6 heteroatoms. The number of oxime groups is 1. The molecule has 0 aromatic heterocycles. The molecule has 0 radical (unpaired) electrons. The fourth-order valence-electron chi connectivity index (χ4n) is 1.74. The second kappa shape index (κ2) is 8.80. The maximum absolute atomic E-state index is 11.7. The highest BCUT2D eigenvalue weighted by atomic mass is 35.5. The quantitative estimate of drug-likeness (QED) is 0.621. The lowest BCUT2D eigenvalue weighted by atomic mass is 10.2. The van der Waals surface area contributed by atoms with Crippen LogP contribution in [0.1, 0.15) is 12.5 Å². The predicted molar refractivity (Wildman–Crippen MR) is 91.2 cm³/mol. The summed E-state index contributed by atoms with van der Waals surface area (Å²) in [6, 6.07) is 14.2. The molecule has 23 heavy (non-hydrogen) atoms. The number of anilines is 1. The molecular formula is C17H17ClN2O3. The van der Waals surface area contributed by atoms with Crippen LogP contribution >= 0.6 is 11.6 Å². The maximum atomic E-state index is 11.7. The van der Waals surface area contributed by atoms with Crippen LogP contribution in [0, 0.1) is 0 Å². The van der Waals surface area contributed by atoms with Crippen molar-refractivity contribution in [3.05, 3.63) is 59.1 Å². The summed E-state index contributed by atoms with van der Waals surface area (Å²) < 4.78 is 5.34. The number of nitrogens with zero attached hydrogens (tertiary/aromatic N) is 1. The second-order valence-electron chi connectivity index (χ2n) is 4.57. The Kier molecular flexibility index (Phi) is 6.44. The SMILES string of the molecule is CCOc1ccc(/C=N\OCC(=O)Nc2ccc(Cl)cc2)cc1. The lowest BCUT2D eigenvalue weighted by molar-refractivity contribution is -0.120. The number of amides is 1. The first-order valence-electron chi connectivity index (χ1n) is 7.11. The van der Waals surface area contributed by atoms with Crippen LogP contribution in [0.15, 0.2) is 53.7 Å². The summed E-state index contributed by atoms with van der Waals surface area (Å²) >= 11 is 5.77. The van der Waals surface area contributed by atoms with Crippen molar-refractivity contribution in [3.63, 3.8) is 0 Å². The van der Waals surface area contributed by atoms with Crippen molar-refractivity contribution < 1.29 is 14.4 Å². The van der Waals surface area contributed by atoms with E-state index in [1.807, 2.05) is 31.2 Å². The van der Waals surface area contributed by atoms with Gasteiger partial charge in [-0.1, -0.05) is 16.8 Å². The molecule has 0 saturated heterocycles. The van der Waals surface area contributed by atoms with Crippen molar-refractivity contribution in [2.24, 2.45) is 5.16 Å². The number of carbonyl (C=O) groups is 1. The van der Waals surface area contributed by atoms with Crippen molar-refractivity contribution in [2.45, 2.75) is 6.92 Å². The molecule has 1 amide bonds. The highest BCUT2D eigenvalue weighted by Crippen LogP contribution is 2.13. The van der Waals surface area contributed by atoms with E-state index in [0.29, 0.717) is 17.3 Å². The molecule has 0 aliphatic rings. The van der Waals surface area contributed by atoms with E-state index in [0.717, 1.165) is 11.3 Å². The van der Waals surface area contributed by atoms with E-state index in [9.17, 15) is 4.79 Å². The number of rotatable bonds is 7. The maximum Gasteiger partial charge on any atom is 0.265 e. The van der Waals surface area contributed by atoms with E-state index >= 15 is 0 Å². The highest BCUT2D eigenvalue weighted by Gasteiger charge is 2.02. The van der Waals surface area contributed by atoms with Crippen LogP contribution in [0.5, 0.6) is 5.75 Å². The van der Waals surface area contributed by atoms with Gasteiger partial charge in [0.05, 0.1) is 12.8 Å². The average molecular weight is 333 g/mol. The summed E-state index contributed by atoms with van der Waals surface area (Å²) in [6.07, 6.45) is 1.53. The van der Waals surface area contributed by atoms with E-state index in [4.69, 9.17) is 21.2 Å². The van der Waals surface area contributed by atoms with Gasteiger partial charge in [-0.3, -0.25) is 4.79 Å². The molecule has 2 rings (SSSR count). The van der Waals surface area contributed by atoms with Gasteiger partial charge in [-0.25, -0.2) is 0 Å². The zero-order valence-electron chi connectivity index (χ0n) is 12.7. The lowest BCUT2D eigenvalue weighted by Crippen LogP contribution is -2.16. The molecule has 1 N–H and O–H groups in total. The Balaban J connectivity index is 1.75. The highest BCUT2D eigenvalue weighted by molar-refractivity contribution is 6.30. The fraction of sp³-hybridized carbons (Fsp3) is 0.176. The minimum absolute atomic E-state index is 0.170. The van der Waals surface area contributed by atoms with Crippen LogP contribution in [0.3, 0.4) is 0 Å². The average Bonchev–Trinajstić information content (AvgIpc) is 2.55. The number of ether oxygens (including phenoxy) is 1. The molecule has 0 bridgehead atoms. The largest absolute Gasteiger partial charge is 0.494 e. The van der Waals surface area contributed by atoms with Crippen LogP contribution in [-0.4, -0.2) is 25.3 Å². The Morgan fingerprint density at radius 1 is 1.17 bits per heavy atom. The zero-order chi connectivity index (χ0) is 16.5. The Labute approximate surface area is 139 Å². The van der Waals surface area contributed by atoms with Crippen molar-refractivity contribution in [1.29, 1.82) is 0 Å². The van der Waals surface area contributed by atoms with E-state index in [1.54, 1.807) is 24.3 Å². The zero-order valence-corrected chi connectivity index (χ0v) is 13.4. The van der Waals surface area contributed by atoms with Gasteiger partial charge < -0.3 is 14.9 Å². The summed E-state index contributed by atoms with van der Waals surface area (Å²) in [5.41, 5.74) is 1.50. The molecule has 120 valence electrons. The Morgan fingerprint density at radius 3 is 2.52 bits per heavy atom. The first kappa shape index (κ1) is 16.8. The van der Waals surface area contributed by atoms with Crippen LogP contribution in [0.25, 0.3) is 0 Å². The van der Waals surface area contributed by atoms with Crippen LogP contribution in [0.4, 0.5) is 5.69 Å². The molecule has 0 saturated carbocycles. The molecular weight excluding hydrogens is 316 g/mol. The predicted octanol–water partition coefficient (Wildman–Crippen LogP) is 3.73. The monoisotopic (exact) mass is 332 g/mol. The van der Waals surface area contributed by atoms with Gasteiger partial charge >= 0.3 is 0 Å². The summed E-state index contributed by atoms with van der Waals surface area (Å²) in [7, 11) is 0. The first-order chi connectivity index (χ1) is 11.2. The third-order valence-corrected chi connectivity index (χ3v) is 3.04. The molecule has 0 spiro atoms. The Hall–Kier alpha value is -2.53. The van der Waals surface area contributed by atoms with Gasteiger partial charge in [-0.05, 0) is 61.0 Å². The molecule has 2 aromatic rings. The summed E-state index contributed by atoms with van der Waals surface area (Å²) in [6.45, 7) is 2.38. The number of hydrogen-bond donors (Lipinski definition) is 1. The second-order valence-corrected chi connectivity index (χ2v) is 5.00. The number of benzene rings is 2. The van der Waals surface area contributed by atoms with Crippen molar-refractivity contribution in [3.8, 4) is 5.75 Å². The Bertz CT molecular complexity index is 655. The van der Waals surface area contributed by atoms with Gasteiger partial charge in [-0.2, -0.15) is 0 Å².